The Kier molecular flexibility index (Phi) is 16.6. The number of cyclic esters (lactones) is 1. The van der Waals surface area contributed by atoms with E-state index in [0.717, 1.165) is 6.29 Å². The van der Waals surface area contributed by atoms with E-state index in [-0.39, 0.29) is 31.7 Å². The summed E-state index contributed by atoms with van der Waals surface area (Å²) >= 11 is 0. The van der Waals surface area contributed by atoms with Gasteiger partial charge in [-0.05, 0) is 66.6 Å². The first kappa shape index (κ1) is 44.3. The molecule has 0 amide bonds. The number of carbonyl (C=O) groups excluding carboxylic acids is 3. The minimum Gasteiger partial charge on any atom is -0.462 e. The smallest absolute Gasteiger partial charge is 0.308 e. The Labute approximate surface area is 308 Å². The molecule has 0 aromatic rings. The molecule has 0 aliphatic carbocycles. The number of ketones is 1. The van der Waals surface area contributed by atoms with Crippen LogP contribution in [0.2, 0.25) is 0 Å². The van der Waals surface area contributed by atoms with Crippen LogP contribution in [0, 0.1) is 23.7 Å². The highest BCUT2D eigenvalue weighted by Crippen LogP contribution is 2.37. The van der Waals surface area contributed by atoms with Crippen molar-refractivity contribution >= 4 is 18.0 Å². The second-order valence-corrected chi connectivity index (χ2v) is 15.5. The Morgan fingerprint density at radius 3 is 2.27 bits per heavy atom. The van der Waals surface area contributed by atoms with Crippen LogP contribution < -0.4 is 0 Å². The van der Waals surface area contributed by atoms with Crippen LogP contribution in [0.3, 0.4) is 0 Å². The molecule has 3 rings (SSSR count). The van der Waals surface area contributed by atoms with Crippen LogP contribution in [-0.2, 0) is 38.1 Å². The first-order valence-corrected chi connectivity index (χ1v) is 18.5. The van der Waals surface area contributed by atoms with E-state index in [4.69, 9.17) is 23.7 Å². The molecule has 0 aromatic heterocycles. The van der Waals surface area contributed by atoms with E-state index in [9.17, 15) is 39.9 Å². The van der Waals surface area contributed by atoms with Crippen LogP contribution in [0.5, 0.6) is 0 Å². The lowest BCUT2D eigenvalue weighted by Gasteiger charge is -2.50. The molecular weight excluding hydrogens is 678 g/mol. The molecule has 2 fully saturated rings. The highest BCUT2D eigenvalue weighted by Gasteiger charge is 2.51. The number of carbonyl (C=O) groups is 3. The van der Waals surface area contributed by atoms with Gasteiger partial charge in [-0.2, -0.15) is 0 Å². The monoisotopic (exact) mass is 741 g/mol. The fourth-order valence-electron chi connectivity index (χ4n) is 7.68. The normalized spacial score (nSPS) is 44.8. The first-order valence-electron chi connectivity index (χ1n) is 18.5. The van der Waals surface area contributed by atoms with E-state index >= 15 is 0 Å². The van der Waals surface area contributed by atoms with Crippen molar-refractivity contribution in [2.24, 2.45) is 23.7 Å². The maximum atomic E-state index is 13.3. The van der Waals surface area contributed by atoms with Crippen LogP contribution >= 0.6 is 0 Å². The molecule has 0 bridgehead atoms. The van der Waals surface area contributed by atoms with E-state index in [0.29, 0.717) is 12.0 Å². The van der Waals surface area contributed by atoms with Gasteiger partial charge in [-0.1, -0.05) is 38.5 Å². The predicted octanol–water partition coefficient (Wildman–Crippen LogP) is 1.67. The molecule has 52 heavy (non-hydrogen) atoms. The summed E-state index contributed by atoms with van der Waals surface area (Å²) in [5.41, 5.74) is -0.773. The maximum Gasteiger partial charge on any atom is 0.308 e. The van der Waals surface area contributed by atoms with Gasteiger partial charge in [0.15, 0.2) is 18.4 Å². The summed E-state index contributed by atoms with van der Waals surface area (Å²) in [7, 11) is 3.51. The van der Waals surface area contributed by atoms with Crippen LogP contribution in [0.15, 0.2) is 23.8 Å². The van der Waals surface area contributed by atoms with Gasteiger partial charge in [-0.15, -0.1) is 0 Å². The van der Waals surface area contributed by atoms with Crippen molar-refractivity contribution in [3.63, 3.8) is 0 Å². The third-order valence-electron chi connectivity index (χ3n) is 10.9. The van der Waals surface area contributed by atoms with Crippen molar-refractivity contribution in [2.75, 3.05) is 20.7 Å². The summed E-state index contributed by atoms with van der Waals surface area (Å²) in [4.78, 5) is 40.3. The van der Waals surface area contributed by atoms with Gasteiger partial charge in [-0.3, -0.25) is 9.59 Å². The number of allylic oxidation sites excluding steroid dienone is 3. The summed E-state index contributed by atoms with van der Waals surface area (Å²) in [5.74, 6) is -3.38. The van der Waals surface area contributed by atoms with Crippen LogP contribution in [0.1, 0.15) is 80.6 Å². The molecule has 16 atom stereocenters. The van der Waals surface area contributed by atoms with Crippen molar-refractivity contribution < 1.29 is 63.6 Å². The molecule has 298 valence electrons. The van der Waals surface area contributed by atoms with Gasteiger partial charge in [-0.25, -0.2) is 0 Å². The SMILES string of the molecule is CC[C@H]1OC(=O)C[C@@H](O)[C@H](C)[C@@H](OC2OC(C)C(OC3CC(C)(O)C(O)C(C)O3)C(N(C)C)C2O)[C@@H](CC=O)C[C@@H](C)C(=O)/C=C/C(C)=C/[C@@H]1CO. The molecule has 5 N–H and O–H groups in total. The van der Waals surface area contributed by atoms with E-state index in [2.05, 4.69) is 0 Å². The number of aliphatic hydroxyl groups excluding tert-OH is 4. The largest absolute Gasteiger partial charge is 0.462 e. The number of esters is 1. The van der Waals surface area contributed by atoms with E-state index in [1.54, 1.807) is 65.8 Å². The Morgan fingerprint density at radius 1 is 1.02 bits per heavy atom. The summed E-state index contributed by atoms with van der Waals surface area (Å²) in [6.07, 6.45) is -4.08. The van der Waals surface area contributed by atoms with Gasteiger partial charge in [0.2, 0.25) is 0 Å². The first-order chi connectivity index (χ1) is 24.3. The lowest BCUT2D eigenvalue weighted by atomic mass is 9.79. The molecule has 2 saturated heterocycles. The molecule has 0 saturated carbocycles. The molecular formula is C38H63NO13. The topological polar surface area (TPSA) is 202 Å². The predicted molar refractivity (Wildman–Crippen MR) is 190 cm³/mol. The van der Waals surface area contributed by atoms with Crippen molar-refractivity contribution in [2.45, 2.75) is 154 Å². The second kappa shape index (κ2) is 19.5. The molecule has 3 aliphatic rings. The van der Waals surface area contributed by atoms with Crippen molar-refractivity contribution in [3.05, 3.63) is 23.8 Å². The van der Waals surface area contributed by atoms with E-state index < -0.39 is 109 Å². The fourth-order valence-corrected chi connectivity index (χ4v) is 7.68. The van der Waals surface area contributed by atoms with Gasteiger partial charge < -0.3 is 58.9 Å². The Balaban J connectivity index is 1.96. The number of ether oxygens (including phenoxy) is 5. The Bertz CT molecular complexity index is 1240. The molecule has 14 heteroatoms. The summed E-state index contributed by atoms with van der Waals surface area (Å²) < 4.78 is 30.7. The fraction of sp³-hybridized carbons (Fsp3) is 0.816. The molecule has 3 heterocycles. The third-order valence-corrected chi connectivity index (χ3v) is 10.9. The molecule has 0 spiro atoms. The zero-order valence-electron chi connectivity index (χ0n) is 32.2. The van der Waals surface area contributed by atoms with Gasteiger partial charge in [0, 0.05) is 30.6 Å². The summed E-state index contributed by atoms with van der Waals surface area (Å²) in [6, 6.07) is -0.720. The molecule has 0 aromatic carbocycles. The lowest BCUT2D eigenvalue weighted by molar-refractivity contribution is -0.341. The molecule has 0 radical (unpaired) electrons. The molecule has 3 aliphatic heterocycles. The number of likely N-dealkylation sites (N-methyl/N-ethyl adjacent to an activating group) is 1. The third kappa shape index (κ3) is 11.2. The standard InChI is InChI=1S/C38H63NO13/c1-10-29-26(19-41)15-20(2)11-12-27(42)21(3)16-25(13-14-40)34(22(4)28(43)17-30(44)50-29)52-37-33(45)32(39(8)9)35(23(5)49-37)51-31-18-38(7,47)36(46)24(6)48-31/h11-12,14-15,21-26,28-29,31-37,41,43,45-47H,10,13,16-19H2,1-9H3/b12-11+,20-15+/t21-,22+,23?,24?,25+,26-,28-,29-,31?,32?,33?,34-,35?,36?,37?,38?/m1/s1. The van der Waals surface area contributed by atoms with Crippen LogP contribution in [-0.4, -0.2) is 142 Å². The highest BCUT2D eigenvalue weighted by atomic mass is 16.7. The molecule has 9 unspecified atom stereocenters. The second-order valence-electron chi connectivity index (χ2n) is 15.5. The zero-order chi connectivity index (χ0) is 39.1. The number of hydrogen-bond donors (Lipinski definition) is 5. The van der Waals surface area contributed by atoms with E-state index in [1.165, 1.54) is 13.0 Å². The van der Waals surface area contributed by atoms with Crippen molar-refractivity contribution in [1.29, 1.82) is 0 Å². The number of aliphatic hydroxyl groups is 5. The van der Waals surface area contributed by atoms with Crippen molar-refractivity contribution in [3.8, 4) is 0 Å². The average molecular weight is 742 g/mol. The Morgan fingerprint density at radius 2 is 1.69 bits per heavy atom. The zero-order valence-corrected chi connectivity index (χ0v) is 32.2. The van der Waals surface area contributed by atoms with Gasteiger partial charge in [0.05, 0.1) is 49.1 Å². The van der Waals surface area contributed by atoms with Crippen molar-refractivity contribution in [1.82, 2.24) is 4.90 Å². The Hall–Kier alpha value is -2.11. The van der Waals surface area contributed by atoms with Crippen LogP contribution in [0.4, 0.5) is 0 Å². The minimum absolute atomic E-state index is 0.0210. The lowest BCUT2D eigenvalue weighted by Crippen LogP contribution is -2.65. The van der Waals surface area contributed by atoms with Gasteiger partial charge in [0.25, 0.3) is 0 Å². The molecule has 14 nitrogen and oxygen atoms in total. The number of nitrogens with zero attached hydrogens (tertiary/aromatic N) is 1. The van der Waals surface area contributed by atoms with Gasteiger partial charge >= 0.3 is 5.97 Å². The maximum absolute atomic E-state index is 13.3. The summed E-state index contributed by atoms with van der Waals surface area (Å²) in [5, 5.41) is 54.5. The number of aldehydes is 1. The summed E-state index contributed by atoms with van der Waals surface area (Å²) in [6.45, 7) is 11.6. The van der Waals surface area contributed by atoms with Crippen LogP contribution in [0.25, 0.3) is 0 Å². The van der Waals surface area contributed by atoms with Gasteiger partial charge in [0.1, 0.15) is 30.7 Å². The van der Waals surface area contributed by atoms with E-state index in [1.807, 2.05) is 6.92 Å². The quantitative estimate of drug-likeness (QED) is 0.169. The number of hydrogen-bond acceptors (Lipinski definition) is 14. The minimum atomic E-state index is -1.47. The average Bonchev–Trinajstić information content (AvgIpc) is 3.07. The number of rotatable bonds is 9. The highest BCUT2D eigenvalue weighted by molar-refractivity contribution is 5.91.